The first-order valence-electron chi connectivity index (χ1n) is 9.49. The average Bonchev–Trinajstić information content (AvgIpc) is 3.25. The lowest BCUT2D eigenvalue weighted by Gasteiger charge is -2.19. The number of furan rings is 1. The maximum Gasteiger partial charge on any atom is 0.287 e. The first-order chi connectivity index (χ1) is 14.7. The minimum atomic E-state index is -3.47. The van der Waals surface area contributed by atoms with E-state index in [2.05, 4.69) is 15.4 Å². The highest BCUT2D eigenvalue weighted by Gasteiger charge is 2.23. The summed E-state index contributed by atoms with van der Waals surface area (Å²) in [6.07, 6.45) is 2.70. The van der Waals surface area contributed by atoms with E-state index >= 15 is 0 Å². The van der Waals surface area contributed by atoms with Crippen molar-refractivity contribution in [3.05, 3.63) is 83.8 Å². The third-order valence-corrected chi connectivity index (χ3v) is 5.04. The number of sulfonamides is 1. The van der Waals surface area contributed by atoms with Crippen molar-refractivity contribution in [2.45, 2.75) is 19.4 Å². The third-order valence-electron chi connectivity index (χ3n) is 4.45. The van der Waals surface area contributed by atoms with Gasteiger partial charge in [-0.15, -0.1) is 0 Å². The highest BCUT2D eigenvalue weighted by atomic mass is 32.2. The van der Waals surface area contributed by atoms with Gasteiger partial charge in [0, 0.05) is 12.1 Å². The molecule has 31 heavy (non-hydrogen) atoms. The van der Waals surface area contributed by atoms with Crippen molar-refractivity contribution >= 4 is 33.2 Å². The van der Waals surface area contributed by atoms with Gasteiger partial charge in [-0.05, 0) is 42.3 Å². The molecule has 0 aliphatic carbocycles. The Kier molecular flexibility index (Phi) is 6.76. The van der Waals surface area contributed by atoms with Crippen molar-refractivity contribution in [3.8, 4) is 0 Å². The SMILES string of the molecule is Cc1ccc(NC(=O)C(Cc2ccccc2)NC(=O)c2ccco2)cc1NS(C)(=O)=O. The van der Waals surface area contributed by atoms with Crippen molar-refractivity contribution < 1.29 is 22.4 Å². The molecule has 2 aromatic carbocycles. The molecule has 3 N–H and O–H groups in total. The van der Waals surface area contributed by atoms with E-state index in [1.807, 2.05) is 30.3 Å². The molecule has 9 heteroatoms. The van der Waals surface area contributed by atoms with Crippen LogP contribution in [0.15, 0.2) is 71.3 Å². The van der Waals surface area contributed by atoms with Gasteiger partial charge in [0.1, 0.15) is 6.04 Å². The minimum absolute atomic E-state index is 0.0980. The van der Waals surface area contributed by atoms with Crippen molar-refractivity contribution in [3.63, 3.8) is 0 Å². The Morgan fingerprint density at radius 2 is 1.77 bits per heavy atom. The van der Waals surface area contributed by atoms with Gasteiger partial charge in [0.2, 0.25) is 15.9 Å². The van der Waals surface area contributed by atoms with Crippen molar-refractivity contribution in [2.75, 3.05) is 16.3 Å². The van der Waals surface area contributed by atoms with Gasteiger partial charge in [-0.3, -0.25) is 14.3 Å². The van der Waals surface area contributed by atoms with Gasteiger partial charge in [0.25, 0.3) is 5.91 Å². The number of benzene rings is 2. The average molecular weight is 442 g/mol. The summed E-state index contributed by atoms with van der Waals surface area (Å²) in [5.41, 5.74) is 2.33. The summed E-state index contributed by atoms with van der Waals surface area (Å²) in [5, 5.41) is 5.44. The third kappa shape index (κ3) is 6.45. The standard InChI is InChI=1S/C22H23N3O5S/c1-15-10-11-17(14-18(15)25-31(2,28)29)23-21(26)19(13-16-7-4-3-5-8-16)24-22(27)20-9-6-12-30-20/h3-12,14,19,25H,13H2,1-2H3,(H,23,26)(H,24,27). The Morgan fingerprint density at radius 1 is 1.03 bits per heavy atom. The Hall–Kier alpha value is -3.59. The number of nitrogens with one attached hydrogen (secondary N) is 3. The number of hydrogen-bond donors (Lipinski definition) is 3. The van der Waals surface area contributed by atoms with Crippen LogP contribution in [0.3, 0.4) is 0 Å². The van der Waals surface area contributed by atoms with Crippen molar-refractivity contribution in [1.29, 1.82) is 0 Å². The minimum Gasteiger partial charge on any atom is -0.459 e. The van der Waals surface area contributed by atoms with E-state index in [-0.39, 0.29) is 12.2 Å². The Labute approximate surface area is 180 Å². The van der Waals surface area contributed by atoms with Gasteiger partial charge in [-0.1, -0.05) is 36.4 Å². The topological polar surface area (TPSA) is 118 Å². The Bertz CT molecular complexity index is 1160. The number of anilines is 2. The van der Waals surface area contributed by atoms with Crippen LogP contribution in [-0.4, -0.2) is 32.5 Å². The molecule has 0 bridgehead atoms. The fourth-order valence-electron chi connectivity index (χ4n) is 2.94. The molecule has 0 fully saturated rings. The second kappa shape index (κ2) is 9.48. The molecule has 1 unspecified atom stereocenters. The van der Waals surface area contributed by atoms with E-state index in [4.69, 9.17) is 4.42 Å². The summed E-state index contributed by atoms with van der Waals surface area (Å²) in [4.78, 5) is 25.5. The summed E-state index contributed by atoms with van der Waals surface area (Å²) in [7, 11) is -3.47. The lowest BCUT2D eigenvalue weighted by Crippen LogP contribution is -2.45. The van der Waals surface area contributed by atoms with Crippen LogP contribution in [-0.2, 0) is 21.2 Å². The molecule has 0 saturated heterocycles. The van der Waals surface area contributed by atoms with Gasteiger partial charge in [-0.25, -0.2) is 8.42 Å². The second-order valence-corrected chi connectivity index (χ2v) is 8.83. The molecule has 162 valence electrons. The first-order valence-corrected chi connectivity index (χ1v) is 11.4. The van der Waals surface area contributed by atoms with Gasteiger partial charge in [-0.2, -0.15) is 0 Å². The van der Waals surface area contributed by atoms with Gasteiger partial charge < -0.3 is 15.1 Å². The fourth-order valence-corrected chi connectivity index (χ4v) is 3.55. The molecule has 3 aromatic rings. The van der Waals surface area contributed by atoms with E-state index < -0.39 is 27.9 Å². The van der Waals surface area contributed by atoms with E-state index in [1.165, 1.54) is 18.4 Å². The van der Waals surface area contributed by atoms with Crippen LogP contribution < -0.4 is 15.4 Å². The molecule has 0 aliphatic heterocycles. The van der Waals surface area contributed by atoms with Crippen LogP contribution in [0.5, 0.6) is 0 Å². The largest absolute Gasteiger partial charge is 0.459 e. The summed E-state index contributed by atoms with van der Waals surface area (Å²) < 4.78 is 30.7. The normalized spacial score (nSPS) is 12.1. The Balaban J connectivity index is 1.80. The lowest BCUT2D eigenvalue weighted by molar-refractivity contribution is -0.118. The molecular formula is C22H23N3O5S. The molecular weight excluding hydrogens is 418 g/mol. The zero-order valence-electron chi connectivity index (χ0n) is 17.1. The van der Waals surface area contributed by atoms with Crippen molar-refractivity contribution in [2.24, 2.45) is 0 Å². The summed E-state index contributed by atoms with van der Waals surface area (Å²) in [6, 6.07) is 16.4. The molecule has 2 amide bonds. The number of hydrogen-bond acceptors (Lipinski definition) is 5. The maximum absolute atomic E-state index is 13.0. The molecule has 3 rings (SSSR count). The highest BCUT2D eigenvalue weighted by Crippen LogP contribution is 2.21. The van der Waals surface area contributed by atoms with E-state index in [1.54, 1.807) is 25.1 Å². The molecule has 0 spiro atoms. The fraction of sp³-hybridized carbons (Fsp3) is 0.182. The quantitative estimate of drug-likeness (QED) is 0.497. The predicted octanol–water partition coefficient (Wildman–Crippen LogP) is 2.94. The second-order valence-electron chi connectivity index (χ2n) is 7.09. The van der Waals surface area contributed by atoms with E-state index in [9.17, 15) is 18.0 Å². The Morgan fingerprint density at radius 3 is 2.42 bits per heavy atom. The van der Waals surface area contributed by atoms with Crippen LogP contribution in [0.4, 0.5) is 11.4 Å². The lowest BCUT2D eigenvalue weighted by atomic mass is 10.0. The first kappa shape index (κ1) is 22.1. The summed E-state index contributed by atoms with van der Waals surface area (Å²) in [6.45, 7) is 1.75. The van der Waals surface area contributed by atoms with Crippen LogP contribution in [0.2, 0.25) is 0 Å². The van der Waals surface area contributed by atoms with E-state index in [0.717, 1.165) is 11.8 Å². The van der Waals surface area contributed by atoms with Crippen molar-refractivity contribution in [1.82, 2.24) is 5.32 Å². The molecule has 1 aromatic heterocycles. The van der Waals surface area contributed by atoms with Gasteiger partial charge in [0.05, 0.1) is 18.2 Å². The van der Waals surface area contributed by atoms with Gasteiger partial charge in [0.15, 0.2) is 5.76 Å². The van der Waals surface area contributed by atoms with Crippen LogP contribution >= 0.6 is 0 Å². The van der Waals surface area contributed by atoms with Crippen LogP contribution in [0.25, 0.3) is 0 Å². The molecule has 1 atom stereocenters. The van der Waals surface area contributed by atoms with Crippen LogP contribution in [0.1, 0.15) is 21.7 Å². The van der Waals surface area contributed by atoms with E-state index in [0.29, 0.717) is 16.9 Å². The number of amides is 2. The molecule has 0 saturated carbocycles. The van der Waals surface area contributed by atoms with Gasteiger partial charge >= 0.3 is 0 Å². The number of rotatable bonds is 8. The van der Waals surface area contributed by atoms with Crippen LogP contribution in [0, 0.1) is 6.92 Å². The monoisotopic (exact) mass is 441 g/mol. The molecule has 0 radical (unpaired) electrons. The molecule has 1 heterocycles. The molecule has 8 nitrogen and oxygen atoms in total. The molecule has 0 aliphatic rings. The number of aryl methyl sites for hydroxylation is 1. The predicted molar refractivity (Wildman–Crippen MR) is 118 cm³/mol. The smallest absolute Gasteiger partial charge is 0.287 e. The maximum atomic E-state index is 13.0. The number of carbonyl (C=O) groups is 2. The number of carbonyl (C=O) groups excluding carboxylic acids is 2. The highest BCUT2D eigenvalue weighted by molar-refractivity contribution is 7.92. The zero-order chi connectivity index (χ0) is 22.4. The summed E-state index contributed by atoms with van der Waals surface area (Å²) in [5.74, 6) is -0.858. The zero-order valence-corrected chi connectivity index (χ0v) is 17.9. The summed E-state index contributed by atoms with van der Waals surface area (Å²) >= 11 is 0.